The van der Waals surface area contributed by atoms with Gasteiger partial charge in [0.05, 0.1) is 5.56 Å². The van der Waals surface area contributed by atoms with E-state index in [2.05, 4.69) is 0 Å². The molecule has 0 aliphatic carbocycles. The van der Waals surface area contributed by atoms with Crippen molar-refractivity contribution < 1.29 is 19.4 Å². The molecule has 0 amide bonds. The van der Waals surface area contributed by atoms with E-state index in [-0.39, 0.29) is 0 Å². The standard InChI is InChI=1S/C19H18O4/c1-12-4-7-16(8-5-12)19(22)23-18-13(2)10-15(11-14(18)3)6-9-17(20)21/h4-11H,1-3H3,(H,20,21)/b9-6+. The topological polar surface area (TPSA) is 63.6 Å². The average Bonchev–Trinajstić information content (AvgIpc) is 2.49. The molecular formula is C19H18O4. The van der Waals surface area contributed by atoms with Crippen LogP contribution in [0.3, 0.4) is 0 Å². The van der Waals surface area contributed by atoms with Crippen molar-refractivity contribution in [1.29, 1.82) is 0 Å². The summed E-state index contributed by atoms with van der Waals surface area (Å²) in [6.07, 6.45) is 2.58. The summed E-state index contributed by atoms with van der Waals surface area (Å²) in [6.45, 7) is 5.60. The first-order valence-corrected chi connectivity index (χ1v) is 7.18. The van der Waals surface area contributed by atoms with Gasteiger partial charge >= 0.3 is 11.9 Å². The number of aryl methyl sites for hydroxylation is 3. The zero-order valence-corrected chi connectivity index (χ0v) is 13.3. The van der Waals surface area contributed by atoms with Crippen LogP contribution >= 0.6 is 0 Å². The molecule has 0 saturated carbocycles. The van der Waals surface area contributed by atoms with Crippen molar-refractivity contribution in [1.82, 2.24) is 0 Å². The van der Waals surface area contributed by atoms with Gasteiger partial charge in [-0.25, -0.2) is 9.59 Å². The van der Waals surface area contributed by atoms with Crippen molar-refractivity contribution in [3.8, 4) is 5.75 Å². The molecule has 0 aliphatic heterocycles. The Hall–Kier alpha value is -2.88. The highest BCUT2D eigenvalue weighted by atomic mass is 16.5. The maximum Gasteiger partial charge on any atom is 0.343 e. The van der Waals surface area contributed by atoms with Gasteiger partial charge in [0.25, 0.3) is 0 Å². The van der Waals surface area contributed by atoms with Gasteiger partial charge in [0.15, 0.2) is 0 Å². The number of benzene rings is 2. The van der Waals surface area contributed by atoms with Crippen LogP contribution in [0.2, 0.25) is 0 Å². The van der Waals surface area contributed by atoms with Crippen molar-refractivity contribution in [2.45, 2.75) is 20.8 Å². The minimum absolute atomic E-state index is 0.412. The van der Waals surface area contributed by atoms with Gasteiger partial charge < -0.3 is 9.84 Å². The molecule has 4 heteroatoms. The number of carboxylic acids is 1. The molecule has 2 aromatic rings. The normalized spacial score (nSPS) is 10.7. The molecule has 0 heterocycles. The molecule has 0 spiro atoms. The highest BCUT2D eigenvalue weighted by molar-refractivity contribution is 5.91. The van der Waals surface area contributed by atoms with Gasteiger partial charge in [-0.1, -0.05) is 17.7 Å². The third kappa shape index (κ3) is 4.30. The summed E-state index contributed by atoms with van der Waals surface area (Å²) in [7, 11) is 0. The van der Waals surface area contributed by atoms with Crippen LogP contribution in [0.4, 0.5) is 0 Å². The number of aliphatic carboxylic acids is 1. The Bertz CT molecular complexity index is 747. The lowest BCUT2D eigenvalue weighted by Crippen LogP contribution is -2.10. The van der Waals surface area contributed by atoms with Gasteiger partial charge in [-0.05, 0) is 67.8 Å². The van der Waals surface area contributed by atoms with Crippen LogP contribution in [0, 0.1) is 20.8 Å². The Morgan fingerprint density at radius 1 is 1.00 bits per heavy atom. The van der Waals surface area contributed by atoms with Crippen molar-refractivity contribution >= 4 is 18.0 Å². The number of hydrogen-bond donors (Lipinski definition) is 1. The lowest BCUT2D eigenvalue weighted by Gasteiger charge is -2.12. The molecule has 2 aromatic carbocycles. The molecule has 0 fully saturated rings. The third-order valence-corrected chi connectivity index (χ3v) is 3.38. The molecular weight excluding hydrogens is 292 g/mol. The molecule has 118 valence electrons. The minimum Gasteiger partial charge on any atom is -0.478 e. The number of esters is 1. The minimum atomic E-state index is -1.00. The highest BCUT2D eigenvalue weighted by Crippen LogP contribution is 2.26. The Kier molecular flexibility index (Phi) is 4.96. The van der Waals surface area contributed by atoms with Crippen molar-refractivity contribution in [3.63, 3.8) is 0 Å². The highest BCUT2D eigenvalue weighted by Gasteiger charge is 2.13. The first-order chi connectivity index (χ1) is 10.9. The number of rotatable bonds is 4. The quantitative estimate of drug-likeness (QED) is 0.528. The molecule has 0 bridgehead atoms. The number of carboxylic acid groups (broad SMARTS) is 1. The van der Waals surface area contributed by atoms with Gasteiger partial charge in [0.1, 0.15) is 5.75 Å². The molecule has 4 nitrogen and oxygen atoms in total. The van der Waals surface area contributed by atoms with Gasteiger partial charge in [0.2, 0.25) is 0 Å². The fraction of sp³-hybridized carbons (Fsp3) is 0.158. The lowest BCUT2D eigenvalue weighted by molar-refractivity contribution is -0.131. The second-order valence-electron chi connectivity index (χ2n) is 5.41. The molecule has 2 rings (SSSR count). The largest absolute Gasteiger partial charge is 0.478 e. The van der Waals surface area contributed by atoms with Crippen LogP contribution in [0.1, 0.15) is 32.6 Å². The van der Waals surface area contributed by atoms with E-state index in [0.29, 0.717) is 11.3 Å². The van der Waals surface area contributed by atoms with Crippen molar-refractivity contribution in [2.24, 2.45) is 0 Å². The van der Waals surface area contributed by atoms with E-state index in [1.165, 1.54) is 6.08 Å². The maximum atomic E-state index is 12.2. The first kappa shape index (κ1) is 16.5. The smallest absolute Gasteiger partial charge is 0.343 e. The lowest BCUT2D eigenvalue weighted by atomic mass is 10.1. The van der Waals surface area contributed by atoms with E-state index in [9.17, 15) is 9.59 Å². The SMILES string of the molecule is Cc1ccc(C(=O)Oc2c(C)cc(/C=C/C(=O)O)cc2C)cc1. The second-order valence-corrected chi connectivity index (χ2v) is 5.41. The van der Waals surface area contributed by atoms with E-state index >= 15 is 0 Å². The molecule has 0 radical (unpaired) electrons. The summed E-state index contributed by atoms with van der Waals surface area (Å²) < 4.78 is 5.50. The monoisotopic (exact) mass is 310 g/mol. The first-order valence-electron chi connectivity index (χ1n) is 7.18. The number of hydrogen-bond acceptors (Lipinski definition) is 3. The molecule has 0 aromatic heterocycles. The summed E-state index contributed by atoms with van der Waals surface area (Å²) in [6, 6.07) is 10.7. The third-order valence-electron chi connectivity index (χ3n) is 3.38. The fourth-order valence-electron chi connectivity index (χ4n) is 2.25. The Morgan fingerprint density at radius 2 is 1.57 bits per heavy atom. The van der Waals surface area contributed by atoms with E-state index in [0.717, 1.165) is 28.3 Å². The summed E-state index contributed by atoms with van der Waals surface area (Å²) in [5, 5.41) is 8.68. The summed E-state index contributed by atoms with van der Waals surface area (Å²) in [4.78, 5) is 22.8. The van der Waals surface area contributed by atoms with E-state index in [1.54, 1.807) is 24.3 Å². The van der Waals surface area contributed by atoms with Gasteiger partial charge in [-0.3, -0.25) is 0 Å². The van der Waals surface area contributed by atoms with E-state index in [4.69, 9.17) is 9.84 Å². The zero-order valence-electron chi connectivity index (χ0n) is 13.3. The van der Waals surface area contributed by atoms with Crippen LogP contribution in [-0.2, 0) is 4.79 Å². The van der Waals surface area contributed by atoms with Crippen LogP contribution in [0.25, 0.3) is 6.08 Å². The Balaban J connectivity index is 2.24. The Labute approximate surface area is 135 Å². The van der Waals surface area contributed by atoms with Crippen LogP contribution in [0.5, 0.6) is 5.75 Å². The van der Waals surface area contributed by atoms with Gasteiger partial charge in [-0.2, -0.15) is 0 Å². The van der Waals surface area contributed by atoms with Crippen LogP contribution in [0.15, 0.2) is 42.5 Å². The van der Waals surface area contributed by atoms with Gasteiger partial charge in [0, 0.05) is 6.08 Å². The number of ether oxygens (including phenoxy) is 1. The molecule has 1 N–H and O–H groups in total. The number of carbonyl (C=O) groups excluding carboxylic acids is 1. The zero-order chi connectivity index (χ0) is 17.0. The van der Waals surface area contributed by atoms with Crippen LogP contribution in [-0.4, -0.2) is 17.0 Å². The maximum absolute atomic E-state index is 12.2. The van der Waals surface area contributed by atoms with Crippen LogP contribution < -0.4 is 4.74 Å². The van der Waals surface area contributed by atoms with E-state index < -0.39 is 11.9 Å². The molecule has 0 unspecified atom stereocenters. The van der Waals surface area contributed by atoms with Crippen molar-refractivity contribution in [2.75, 3.05) is 0 Å². The van der Waals surface area contributed by atoms with Crippen molar-refractivity contribution in [3.05, 3.63) is 70.3 Å². The average molecular weight is 310 g/mol. The Morgan fingerprint density at radius 3 is 2.09 bits per heavy atom. The predicted molar refractivity (Wildman–Crippen MR) is 88.7 cm³/mol. The molecule has 0 atom stereocenters. The summed E-state index contributed by atoms with van der Waals surface area (Å²) in [5.74, 6) is -0.914. The molecule has 23 heavy (non-hydrogen) atoms. The predicted octanol–water partition coefficient (Wildman–Crippen LogP) is 3.93. The summed E-state index contributed by atoms with van der Waals surface area (Å²) in [5.41, 5.74) is 3.86. The van der Waals surface area contributed by atoms with Gasteiger partial charge in [-0.15, -0.1) is 0 Å². The second kappa shape index (κ2) is 6.92. The summed E-state index contributed by atoms with van der Waals surface area (Å²) >= 11 is 0. The molecule has 0 saturated heterocycles. The molecule has 0 aliphatic rings. The number of carbonyl (C=O) groups is 2. The van der Waals surface area contributed by atoms with E-state index in [1.807, 2.05) is 32.9 Å². The fourth-order valence-corrected chi connectivity index (χ4v) is 2.25.